The molecule has 114 valence electrons. The number of methoxy groups -OCH3 is 1. The van der Waals surface area contributed by atoms with Crippen LogP contribution >= 0.6 is 0 Å². The lowest BCUT2D eigenvalue weighted by Gasteiger charge is -2.37. The van der Waals surface area contributed by atoms with E-state index in [-0.39, 0.29) is 11.7 Å². The summed E-state index contributed by atoms with van der Waals surface area (Å²) in [6.07, 6.45) is 1.14. The molecule has 1 aliphatic carbocycles. The second kappa shape index (κ2) is 5.17. The topological polar surface area (TPSA) is 63.6 Å². The number of ketones is 1. The van der Waals surface area contributed by atoms with Gasteiger partial charge in [-0.15, -0.1) is 0 Å². The number of carbonyl (C=O) groups excluding carboxylic acids is 1. The molecule has 0 heterocycles. The first-order valence-electron chi connectivity index (χ1n) is 7.15. The van der Waals surface area contributed by atoms with Crippen LogP contribution in [0.15, 0.2) is 24.3 Å². The monoisotopic (exact) mass is 290 g/mol. The van der Waals surface area contributed by atoms with E-state index >= 15 is 0 Å². The molecule has 1 aliphatic rings. The highest BCUT2D eigenvalue weighted by Crippen LogP contribution is 2.56. The number of aliphatic carboxylic acids is 1. The van der Waals surface area contributed by atoms with Gasteiger partial charge in [-0.25, -0.2) is 0 Å². The number of Topliss-reactive ketones (excluding diaryl/α,β-unsaturated/α-hetero) is 1. The molecule has 1 saturated carbocycles. The highest BCUT2D eigenvalue weighted by Gasteiger charge is 2.58. The largest absolute Gasteiger partial charge is 0.497 e. The maximum absolute atomic E-state index is 12.7. The van der Waals surface area contributed by atoms with Crippen LogP contribution < -0.4 is 4.74 Å². The summed E-state index contributed by atoms with van der Waals surface area (Å²) in [5.74, 6) is -0.371. The Balaban J connectivity index is 2.30. The summed E-state index contributed by atoms with van der Waals surface area (Å²) in [5.41, 5.74) is -0.821. The highest BCUT2D eigenvalue weighted by atomic mass is 16.5. The molecule has 2 rings (SSSR count). The number of benzene rings is 1. The van der Waals surface area contributed by atoms with Gasteiger partial charge < -0.3 is 9.84 Å². The van der Waals surface area contributed by atoms with E-state index in [0.29, 0.717) is 24.2 Å². The molecule has 0 bridgehead atoms. The summed E-state index contributed by atoms with van der Waals surface area (Å²) in [7, 11) is 1.58. The Kier molecular flexibility index (Phi) is 3.83. The number of hydrogen-bond acceptors (Lipinski definition) is 3. The minimum atomic E-state index is -0.861. The summed E-state index contributed by atoms with van der Waals surface area (Å²) in [6.45, 7) is 5.52. The second-order valence-electron chi connectivity index (χ2n) is 6.54. The first kappa shape index (κ1) is 15.5. The number of ether oxygens (including phenoxy) is 1. The van der Waals surface area contributed by atoms with Crippen molar-refractivity contribution < 1.29 is 19.4 Å². The SMILES string of the molecule is COc1ccc(C(=O)[C@H]2CC[C@](C)(C(=O)O)C2(C)C)cc1. The van der Waals surface area contributed by atoms with Crippen molar-refractivity contribution in [3.05, 3.63) is 29.8 Å². The summed E-state index contributed by atoms with van der Waals surface area (Å²) < 4.78 is 5.09. The van der Waals surface area contributed by atoms with Crippen LogP contribution in [0, 0.1) is 16.7 Å². The highest BCUT2D eigenvalue weighted by molar-refractivity contribution is 5.99. The Morgan fingerprint density at radius 1 is 1.19 bits per heavy atom. The molecule has 0 amide bonds. The predicted molar refractivity (Wildman–Crippen MR) is 79.6 cm³/mol. The standard InChI is InChI=1S/C17H22O4/c1-16(2)13(9-10-17(16,3)15(19)20)14(18)11-5-7-12(21-4)8-6-11/h5-8,13H,9-10H2,1-4H3,(H,19,20)/t13-,17-/m1/s1. The Bertz CT molecular complexity index is 559. The maximum Gasteiger partial charge on any atom is 0.309 e. The summed E-state index contributed by atoms with van der Waals surface area (Å²) in [6, 6.07) is 7.00. The third-order valence-corrected chi connectivity index (χ3v) is 5.39. The molecular weight excluding hydrogens is 268 g/mol. The van der Waals surface area contributed by atoms with E-state index in [4.69, 9.17) is 4.74 Å². The van der Waals surface area contributed by atoms with Gasteiger partial charge in [0.1, 0.15) is 5.75 Å². The first-order chi connectivity index (χ1) is 9.74. The lowest BCUT2D eigenvalue weighted by molar-refractivity contribution is -0.153. The van der Waals surface area contributed by atoms with E-state index in [1.54, 1.807) is 38.3 Å². The average Bonchev–Trinajstić information content (AvgIpc) is 2.70. The first-order valence-corrected chi connectivity index (χ1v) is 7.15. The number of carboxylic acids is 1. The number of rotatable bonds is 4. The molecule has 21 heavy (non-hydrogen) atoms. The number of hydrogen-bond donors (Lipinski definition) is 1. The van der Waals surface area contributed by atoms with Crippen molar-refractivity contribution in [2.45, 2.75) is 33.6 Å². The molecule has 1 aromatic carbocycles. The molecule has 0 aromatic heterocycles. The quantitative estimate of drug-likeness (QED) is 0.863. The molecule has 1 N–H and O–H groups in total. The van der Waals surface area contributed by atoms with Crippen molar-refractivity contribution in [3.8, 4) is 5.75 Å². The van der Waals surface area contributed by atoms with Crippen molar-refractivity contribution in [2.75, 3.05) is 7.11 Å². The zero-order valence-electron chi connectivity index (χ0n) is 13.0. The van der Waals surface area contributed by atoms with E-state index in [0.717, 1.165) is 0 Å². The molecule has 0 unspecified atom stereocenters. The minimum absolute atomic E-state index is 0.0210. The molecule has 4 heteroatoms. The Morgan fingerprint density at radius 2 is 1.76 bits per heavy atom. The smallest absolute Gasteiger partial charge is 0.309 e. The zero-order chi connectivity index (χ0) is 15.8. The van der Waals surface area contributed by atoms with Gasteiger partial charge in [0.15, 0.2) is 5.78 Å². The second-order valence-corrected chi connectivity index (χ2v) is 6.54. The van der Waals surface area contributed by atoms with Crippen molar-refractivity contribution in [1.29, 1.82) is 0 Å². The van der Waals surface area contributed by atoms with Crippen LogP contribution in [-0.4, -0.2) is 24.0 Å². The van der Waals surface area contributed by atoms with E-state index in [9.17, 15) is 14.7 Å². The fourth-order valence-electron chi connectivity index (χ4n) is 3.30. The fraction of sp³-hybridized carbons (Fsp3) is 0.529. The Hall–Kier alpha value is -1.84. The van der Waals surface area contributed by atoms with Gasteiger partial charge in [-0.1, -0.05) is 13.8 Å². The molecule has 0 radical (unpaired) electrons. The molecular formula is C17H22O4. The van der Waals surface area contributed by atoms with Crippen LogP contribution in [0.1, 0.15) is 44.0 Å². The summed E-state index contributed by atoms with van der Waals surface area (Å²) in [5, 5.41) is 9.52. The molecule has 1 aromatic rings. The third kappa shape index (κ3) is 2.33. The maximum atomic E-state index is 12.7. The number of carbonyl (C=O) groups is 2. The zero-order valence-corrected chi connectivity index (χ0v) is 13.0. The van der Waals surface area contributed by atoms with Gasteiger partial charge in [0.25, 0.3) is 0 Å². The van der Waals surface area contributed by atoms with Gasteiger partial charge in [-0.2, -0.15) is 0 Å². The Labute approximate surface area is 125 Å². The van der Waals surface area contributed by atoms with Crippen molar-refractivity contribution >= 4 is 11.8 Å². The molecule has 4 nitrogen and oxygen atoms in total. The molecule has 0 saturated heterocycles. The van der Waals surface area contributed by atoms with Gasteiger partial charge in [-0.3, -0.25) is 9.59 Å². The summed E-state index contributed by atoms with van der Waals surface area (Å²) >= 11 is 0. The predicted octanol–water partition coefficient (Wildman–Crippen LogP) is 3.41. The average molecular weight is 290 g/mol. The van der Waals surface area contributed by atoms with Gasteiger partial charge in [-0.05, 0) is 49.4 Å². The van der Waals surface area contributed by atoms with Crippen LogP contribution in [0.4, 0.5) is 0 Å². The third-order valence-electron chi connectivity index (χ3n) is 5.39. The number of carboxylic acid groups (broad SMARTS) is 1. The van der Waals surface area contributed by atoms with E-state index in [2.05, 4.69) is 0 Å². The Morgan fingerprint density at radius 3 is 2.19 bits per heavy atom. The van der Waals surface area contributed by atoms with Crippen LogP contribution in [-0.2, 0) is 4.79 Å². The fourth-order valence-corrected chi connectivity index (χ4v) is 3.30. The summed E-state index contributed by atoms with van der Waals surface area (Å²) in [4.78, 5) is 24.3. The molecule has 2 atom stereocenters. The normalized spacial score (nSPS) is 27.3. The minimum Gasteiger partial charge on any atom is -0.497 e. The van der Waals surface area contributed by atoms with Crippen molar-refractivity contribution in [2.24, 2.45) is 16.7 Å². The lowest BCUT2D eigenvalue weighted by atomic mass is 9.64. The van der Waals surface area contributed by atoms with Crippen LogP contribution in [0.5, 0.6) is 5.75 Å². The van der Waals surface area contributed by atoms with Crippen LogP contribution in [0.3, 0.4) is 0 Å². The van der Waals surface area contributed by atoms with Crippen LogP contribution in [0.25, 0.3) is 0 Å². The van der Waals surface area contributed by atoms with Gasteiger partial charge in [0.05, 0.1) is 12.5 Å². The van der Waals surface area contributed by atoms with Gasteiger partial charge >= 0.3 is 5.97 Å². The van der Waals surface area contributed by atoms with Crippen molar-refractivity contribution in [1.82, 2.24) is 0 Å². The molecule has 0 spiro atoms. The molecule has 1 fully saturated rings. The van der Waals surface area contributed by atoms with E-state index in [1.807, 2.05) is 13.8 Å². The van der Waals surface area contributed by atoms with Crippen LogP contribution in [0.2, 0.25) is 0 Å². The van der Waals surface area contributed by atoms with E-state index in [1.165, 1.54) is 0 Å². The van der Waals surface area contributed by atoms with Crippen molar-refractivity contribution in [3.63, 3.8) is 0 Å². The van der Waals surface area contributed by atoms with Gasteiger partial charge in [0, 0.05) is 11.5 Å². The van der Waals surface area contributed by atoms with E-state index < -0.39 is 16.8 Å². The van der Waals surface area contributed by atoms with Gasteiger partial charge in [0.2, 0.25) is 0 Å². The lowest BCUT2D eigenvalue weighted by Crippen LogP contribution is -2.42. The molecule has 0 aliphatic heterocycles.